The summed E-state index contributed by atoms with van der Waals surface area (Å²) in [5.74, 6) is 1.37. The number of amides is 1. The van der Waals surface area contributed by atoms with Crippen molar-refractivity contribution in [3.8, 4) is 0 Å². The van der Waals surface area contributed by atoms with Crippen LogP contribution in [0.15, 0.2) is 24.3 Å². The van der Waals surface area contributed by atoms with E-state index in [0.717, 1.165) is 18.5 Å². The molecule has 1 aliphatic heterocycles. The van der Waals surface area contributed by atoms with E-state index in [1.807, 2.05) is 4.90 Å². The van der Waals surface area contributed by atoms with Gasteiger partial charge in [-0.2, -0.15) is 0 Å². The first-order valence-electron chi connectivity index (χ1n) is 7.58. The molecule has 20 heavy (non-hydrogen) atoms. The lowest BCUT2D eigenvalue weighted by Crippen LogP contribution is -2.33. The molecule has 0 aromatic heterocycles. The Morgan fingerprint density at radius 3 is 2.45 bits per heavy atom. The van der Waals surface area contributed by atoms with E-state index < -0.39 is 0 Å². The number of carbonyl (C=O) groups excluding carboxylic acids is 1. The van der Waals surface area contributed by atoms with Crippen molar-refractivity contribution >= 4 is 5.91 Å². The summed E-state index contributed by atoms with van der Waals surface area (Å²) in [5, 5.41) is 0. The third-order valence-corrected chi connectivity index (χ3v) is 3.88. The van der Waals surface area contributed by atoms with E-state index in [0.29, 0.717) is 24.8 Å². The van der Waals surface area contributed by atoms with Gasteiger partial charge in [-0.1, -0.05) is 45.0 Å². The van der Waals surface area contributed by atoms with Gasteiger partial charge in [0.15, 0.2) is 0 Å². The topological polar surface area (TPSA) is 46.3 Å². The molecule has 2 atom stereocenters. The number of nitrogens with zero attached hydrogens (tertiary/aromatic N) is 1. The average Bonchev–Trinajstić information content (AvgIpc) is 2.68. The summed E-state index contributed by atoms with van der Waals surface area (Å²) in [4.78, 5) is 13.7. The monoisotopic (exact) mass is 274 g/mol. The second-order valence-electron chi connectivity index (χ2n) is 6.55. The molecule has 2 N–H and O–H groups in total. The SMILES string of the molecule is CC(C)Cc1ccc(C(N)CN2CC(C)CC2=O)cc1. The molecule has 0 bridgehead atoms. The summed E-state index contributed by atoms with van der Waals surface area (Å²) in [6.07, 6.45) is 1.76. The van der Waals surface area contributed by atoms with Crippen LogP contribution in [0.3, 0.4) is 0 Å². The maximum absolute atomic E-state index is 11.8. The van der Waals surface area contributed by atoms with Crippen LogP contribution in [-0.2, 0) is 11.2 Å². The van der Waals surface area contributed by atoms with Crippen LogP contribution in [0.5, 0.6) is 0 Å². The van der Waals surface area contributed by atoms with Gasteiger partial charge in [0.25, 0.3) is 0 Å². The first-order chi connectivity index (χ1) is 9.45. The molecule has 1 saturated heterocycles. The third-order valence-electron chi connectivity index (χ3n) is 3.88. The number of benzene rings is 1. The largest absolute Gasteiger partial charge is 0.341 e. The number of carbonyl (C=O) groups is 1. The minimum Gasteiger partial charge on any atom is -0.341 e. The first kappa shape index (κ1) is 15.0. The Labute approximate surface area is 122 Å². The second-order valence-corrected chi connectivity index (χ2v) is 6.55. The van der Waals surface area contributed by atoms with Crippen molar-refractivity contribution in [1.82, 2.24) is 4.90 Å². The Hall–Kier alpha value is -1.35. The van der Waals surface area contributed by atoms with Gasteiger partial charge < -0.3 is 10.6 Å². The highest BCUT2D eigenvalue weighted by molar-refractivity contribution is 5.78. The predicted octanol–water partition coefficient (Wildman–Crippen LogP) is 2.75. The highest BCUT2D eigenvalue weighted by atomic mass is 16.2. The highest BCUT2D eigenvalue weighted by Gasteiger charge is 2.27. The molecule has 2 rings (SSSR count). The zero-order valence-electron chi connectivity index (χ0n) is 12.8. The molecule has 0 spiro atoms. The quantitative estimate of drug-likeness (QED) is 0.897. The number of hydrogen-bond acceptors (Lipinski definition) is 2. The Morgan fingerprint density at radius 1 is 1.30 bits per heavy atom. The standard InChI is InChI=1S/C17H26N2O/c1-12(2)8-14-4-6-15(7-5-14)16(18)11-19-10-13(3)9-17(19)20/h4-7,12-13,16H,8-11,18H2,1-3H3. The molecule has 0 saturated carbocycles. The van der Waals surface area contributed by atoms with Gasteiger partial charge >= 0.3 is 0 Å². The molecule has 0 aliphatic carbocycles. The summed E-state index contributed by atoms with van der Waals surface area (Å²) < 4.78 is 0. The molecule has 0 radical (unpaired) electrons. The summed E-state index contributed by atoms with van der Waals surface area (Å²) in [6.45, 7) is 8.04. The minimum absolute atomic E-state index is 0.0858. The molecule has 3 heteroatoms. The van der Waals surface area contributed by atoms with Gasteiger partial charge in [-0.15, -0.1) is 0 Å². The van der Waals surface area contributed by atoms with E-state index in [9.17, 15) is 4.79 Å². The second kappa shape index (κ2) is 6.40. The molecular weight excluding hydrogens is 248 g/mol. The summed E-state index contributed by atoms with van der Waals surface area (Å²) in [7, 11) is 0. The predicted molar refractivity (Wildman–Crippen MR) is 82.3 cm³/mol. The van der Waals surface area contributed by atoms with Crippen LogP contribution in [-0.4, -0.2) is 23.9 Å². The van der Waals surface area contributed by atoms with E-state index in [4.69, 9.17) is 5.73 Å². The molecule has 2 unspecified atom stereocenters. The molecule has 3 nitrogen and oxygen atoms in total. The molecule has 1 aromatic rings. The van der Waals surface area contributed by atoms with Crippen LogP contribution < -0.4 is 5.73 Å². The lowest BCUT2D eigenvalue weighted by atomic mass is 9.99. The van der Waals surface area contributed by atoms with Crippen LogP contribution >= 0.6 is 0 Å². The molecule has 1 aliphatic rings. The van der Waals surface area contributed by atoms with Crippen LogP contribution in [0.1, 0.15) is 44.4 Å². The van der Waals surface area contributed by atoms with Crippen LogP contribution in [0.4, 0.5) is 0 Å². The molecule has 1 heterocycles. The van der Waals surface area contributed by atoms with Gasteiger partial charge in [0.05, 0.1) is 0 Å². The Kier molecular flexibility index (Phi) is 4.81. The summed E-state index contributed by atoms with van der Waals surface area (Å²) >= 11 is 0. The maximum atomic E-state index is 11.8. The lowest BCUT2D eigenvalue weighted by Gasteiger charge is -2.21. The first-order valence-corrected chi connectivity index (χ1v) is 7.58. The van der Waals surface area contributed by atoms with Crippen molar-refractivity contribution < 1.29 is 4.79 Å². The van der Waals surface area contributed by atoms with Crippen molar-refractivity contribution in [2.24, 2.45) is 17.6 Å². The Balaban J connectivity index is 1.95. The molecule has 110 valence electrons. The van der Waals surface area contributed by atoms with Crippen molar-refractivity contribution in [2.45, 2.75) is 39.7 Å². The van der Waals surface area contributed by atoms with E-state index in [1.165, 1.54) is 5.56 Å². The van der Waals surface area contributed by atoms with Crippen molar-refractivity contribution in [1.29, 1.82) is 0 Å². The maximum Gasteiger partial charge on any atom is 0.222 e. The van der Waals surface area contributed by atoms with E-state index in [1.54, 1.807) is 0 Å². The summed E-state index contributed by atoms with van der Waals surface area (Å²) in [6, 6.07) is 8.43. The van der Waals surface area contributed by atoms with Gasteiger partial charge in [0, 0.05) is 25.6 Å². The van der Waals surface area contributed by atoms with E-state index >= 15 is 0 Å². The number of likely N-dealkylation sites (tertiary alicyclic amines) is 1. The third kappa shape index (κ3) is 3.83. The number of nitrogens with two attached hydrogens (primary N) is 1. The Bertz CT molecular complexity index is 453. The smallest absolute Gasteiger partial charge is 0.222 e. The van der Waals surface area contributed by atoms with Crippen molar-refractivity contribution in [3.63, 3.8) is 0 Å². The van der Waals surface area contributed by atoms with Gasteiger partial charge in [0.1, 0.15) is 0 Å². The fourth-order valence-corrected chi connectivity index (χ4v) is 2.86. The van der Waals surface area contributed by atoms with Crippen molar-refractivity contribution in [2.75, 3.05) is 13.1 Å². The van der Waals surface area contributed by atoms with Gasteiger partial charge in [-0.3, -0.25) is 4.79 Å². The van der Waals surface area contributed by atoms with Gasteiger partial charge in [0.2, 0.25) is 5.91 Å². The van der Waals surface area contributed by atoms with Crippen LogP contribution in [0.2, 0.25) is 0 Å². The summed E-state index contributed by atoms with van der Waals surface area (Å²) in [5.41, 5.74) is 8.70. The van der Waals surface area contributed by atoms with E-state index in [2.05, 4.69) is 45.0 Å². The minimum atomic E-state index is -0.0858. The zero-order valence-corrected chi connectivity index (χ0v) is 12.8. The molecule has 1 fully saturated rings. The highest BCUT2D eigenvalue weighted by Crippen LogP contribution is 2.21. The molecule has 1 aromatic carbocycles. The van der Waals surface area contributed by atoms with Gasteiger partial charge in [-0.05, 0) is 29.4 Å². The molecule has 1 amide bonds. The number of rotatable bonds is 5. The Morgan fingerprint density at radius 2 is 1.95 bits per heavy atom. The van der Waals surface area contributed by atoms with Crippen molar-refractivity contribution in [3.05, 3.63) is 35.4 Å². The van der Waals surface area contributed by atoms with E-state index in [-0.39, 0.29) is 11.9 Å². The fraction of sp³-hybridized carbons (Fsp3) is 0.588. The molecular formula is C17H26N2O. The van der Waals surface area contributed by atoms with Crippen LogP contribution in [0, 0.1) is 11.8 Å². The normalized spacial score (nSPS) is 20.8. The zero-order chi connectivity index (χ0) is 14.7. The average molecular weight is 274 g/mol. The lowest BCUT2D eigenvalue weighted by molar-refractivity contribution is -0.127. The van der Waals surface area contributed by atoms with Crippen LogP contribution in [0.25, 0.3) is 0 Å². The van der Waals surface area contributed by atoms with Gasteiger partial charge in [-0.25, -0.2) is 0 Å². The number of hydrogen-bond donors (Lipinski definition) is 1. The fourth-order valence-electron chi connectivity index (χ4n) is 2.86.